The molecule has 5 heteroatoms. The Labute approximate surface area is 117 Å². The molecule has 1 aliphatic carbocycles. The van der Waals surface area contributed by atoms with Crippen LogP contribution in [-0.2, 0) is 9.53 Å². The van der Waals surface area contributed by atoms with Gasteiger partial charge in [0.05, 0.1) is 18.6 Å². The Hall–Kier alpha value is -0.910. The van der Waals surface area contributed by atoms with Crippen LogP contribution in [0.1, 0.15) is 43.0 Å². The molecule has 3 unspecified atom stereocenters. The average Bonchev–Trinajstić information content (AvgIpc) is 2.91. The van der Waals surface area contributed by atoms with Gasteiger partial charge in [0.1, 0.15) is 0 Å². The first-order valence-electron chi connectivity index (χ1n) is 6.73. The molecular formula is C14H21NO3S. The number of carboxylic acids is 1. The summed E-state index contributed by atoms with van der Waals surface area (Å²) in [6.45, 7) is 0. The lowest BCUT2D eigenvalue weighted by atomic mass is 9.92. The zero-order chi connectivity index (χ0) is 13.7. The van der Waals surface area contributed by atoms with Crippen LogP contribution in [0.3, 0.4) is 0 Å². The smallest absolute Gasteiger partial charge is 0.305 e. The van der Waals surface area contributed by atoms with Gasteiger partial charge in [-0.3, -0.25) is 4.79 Å². The number of hydrogen-bond acceptors (Lipinski definition) is 4. The SMILES string of the molecule is COC1CCCC(NC(CC(=O)O)c2cccs2)C1. The Morgan fingerprint density at radius 1 is 1.63 bits per heavy atom. The second-order valence-corrected chi connectivity index (χ2v) is 6.03. The van der Waals surface area contributed by atoms with Gasteiger partial charge in [0, 0.05) is 18.0 Å². The zero-order valence-corrected chi connectivity index (χ0v) is 12.0. The highest BCUT2D eigenvalue weighted by atomic mass is 32.1. The fraction of sp³-hybridized carbons (Fsp3) is 0.643. The maximum Gasteiger partial charge on any atom is 0.305 e. The summed E-state index contributed by atoms with van der Waals surface area (Å²) in [5, 5.41) is 14.5. The van der Waals surface area contributed by atoms with Crippen LogP contribution in [0.2, 0.25) is 0 Å². The molecule has 1 saturated carbocycles. The second kappa shape index (κ2) is 7.03. The van der Waals surface area contributed by atoms with Gasteiger partial charge in [-0.05, 0) is 37.1 Å². The Bertz CT molecular complexity index is 393. The minimum Gasteiger partial charge on any atom is -0.481 e. The van der Waals surface area contributed by atoms with Crippen molar-refractivity contribution in [2.75, 3.05) is 7.11 Å². The minimum atomic E-state index is -0.759. The maximum absolute atomic E-state index is 11.0. The molecule has 2 rings (SSSR count). The van der Waals surface area contributed by atoms with Crippen LogP contribution < -0.4 is 5.32 Å². The summed E-state index contributed by atoms with van der Waals surface area (Å²) < 4.78 is 5.42. The number of carbonyl (C=O) groups is 1. The molecule has 0 aromatic carbocycles. The number of hydrogen-bond donors (Lipinski definition) is 2. The van der Waals surface area contributed by atoms with Gasteiger partial charge < -0.3 is 15.2 Å². The van der Waals surface area contributed by atoms with E-state index in [1.54, 1.807) is 18.4 Å². The van der Waals surface area contributed by atoms with Crippen LogP contribution in [-0.4, -0.2) is 30.3 Å². The lowest BCUT2D eigenvalue weighted by Crippen LogP contribution is -2.39. The first kappa shape index (κ1) is 14.5. The molecule has 1 aliphatic rings. The van der Waals surface area contributed by atoms with Crippen LogP contribution in [0, 0.1) is 0 Å². The number of methoxy groups -OCH3 is 1. The molecule has 0 aliphatic heterocycles. The summed E-state index contributed by atoms with van der Waals surface area (Å²) in [4.78, 5) is 12.1. The third-order valence-electron chi connectivity index (χ3n) is 3.66. The van der Waals surface area contributed by atoms with Crippen molar-refractivity contribution in [3.8, 4) is 0 Å². The first-order valence-corrected chi connectivity index (χ1v) is 7.61. The summed E-state index contributed by atoms with van der Waals surface area (Å²) in [5.74, 6) is -0.759. The topological polar surface area (TPSA) is 58.6 Å². The molecule has 1 aromatic heterocycles. The van der Waals surface area contributed by atoms with Crippen molar-refractivity contribution in [1.82, 2.24) is 5.32 Å². The van der Waals surface area contributed by atoms with Crippen molar-refractivity contribution < 1.29 is 14.6 Å². The van der Waals surface area contributed by atoms with E-state index in [1.807, 2.05) is 17.5 Å². The molecule has 0 bridgehead atoms. The summed E-state index contributed by atoms with van der Waals surface area (Å²) in [6, 6.07) is 4.24. The minimum absolute atomic E-state index is 0.0851. The van der Waals surface area contributed by atoms with E-state index in [2.05, 4.69) is 5.32 Å². The predicted octanol–water partition coefficient (Wildman–Crippen LogP) is 2.81. The Morgan fingerprint density at radius 2 is 2.47 bits per heavy atom. The van der Waals surface area contributed by atoms with E-state index >= 15 is 0 Å². The van der Waals surface area contributed by atoms with E-state index in [0.29, 0.717) is 12.1 Å². The van der Waals surface area contributed by atoms with E-state index in [1.165, 1.54) is 0 Å². The Balaban J connectivity index is 1.97. The quantitative estimate of drug-likeness (QED) is 0.843. The number of carboxylic acid groups (broad SMARTS) is 1. The number of nitrogens with one attached hydrogen (secondary N) is 1. The maximum atomic E-state index is 11.0. The summed E-state index contributed by atoms with van der Waals surface area (Å²) >= 11 is 1.61. The molecule has 2 N–H and O–H groups in total. The molecule has 0 amide bonds. The van der Waals surface area contributed by atoms with Crippen LogP contribution in [0.4, 0.5) is 0 Å². The van der Waals surface area contributed by atoms with Crippen LogP contribution in [0.25, 0.3) is 0 Å². The summed E-state index contributed by atoms with van der Waals surface area (Å²) in [6.07, 6.45) is 4.76. The van der Waals surface area contributed by atoms with Gasteiger partial charge in [-0.25, -0.2) is 0 Å². The highest BCUT2D eigenvalue weighted by Gasteiger charge is 2.25. The highest BCUT2D eigenvalue weighted by Crippen LogP contribution is 2.27. The molecule has 19 heavy (non-hydrogen) atoms. The van der Waals surface area contributed by atoms with Crippen LogP contribution in [0.5, 0.6) is 0 Å². The zero-order valence-electron chi connectivity index (χ0n) is 11.2. The van der Waals surface area contributed by atoms with E-state index < -0.39 is 5.97 Å². The molecule has 106 valence electrons. The monoisotopic (exact) mass is 283 g/mol. The molecular weight excluding hydrogens is 262 g/mol. The van der Waals surface area contributed by atoms with E-state index in [9.17, 15) is 4.79 Å². The number of aliphatic carboxylic acids is 1. The average molecular weight is 283 g/mol. The summed E-state index contributed by atoms with van der Waals surface area (Å²) in [7, 11) is 1.75. The van der Waals surface area contributed by atoms with Gasteiger partial charge in [-0.15, -0.1) is 11.3 Å². The van der Waals surface area contributed by atoms with E-state index in [4.69, 9.17) is 9.84 Å². The normalized spacial score (nSPS) is 25.1. The molecule has 1 heterocycles. The van der Waals surface area contributed by atoms with Crippen LogP contribution >= 0.6 is 11.3 Å². The lowest BCUT2D eigenvalue weighted by Gasteiger charge is -2.31. The van der Waals surface area contributed by atoms with Crippen molar-refractivity contribution in [3.63, 3.8) is 0 Å². The van der Waals surface area contributed by atoms with E-state index in [0.717, 1.165) is 30.6 Å². The molecule has 1 aromatic rings. The fourth-order valence-corrected chi connectivity index (χ4v) is 3.49. The van der Waals surface area contributed by atoms with Gasteiger partial charge >= 0.3 is 5.97 Å². The fourth-order valence-electron chi connectivity index (χ4n) is 2.70. The van der Waals surface area contributed by atoms with Gasteiger partial charge in [0.2, 0.25) is 0 Å². The molecule has 4 nitrogen and oxygen atoms in total. The van der Waals surface area contributed by atoms with Gasteiger partial charge in [0.15, 0.2) is 0 Å². The van der Waals surface area contributed by atoms with Crippen molar-refractivity contribution >= 4 is 17.3 Å². The van der Waals surface area contributed by atoms with Gasteiger partial charge in [0.25, 0.3) is 0 Å². The highest BCUT2D eigenvalue weighted by molar-refractivity contribution is 7.10. The number of rotatable bonds is 6. The van der Waals surface area contributed by atoms with E-state index in [-0.39, 0.29) is 12.5 Å². The standard InChI is InChI=1S/C14H21NO3S/c1-18-11-5-2-4-10(8-11)15-12(9-14(16)17)13-6-3-7-19-13/h3,6-7,10-12,15H,2,4-5,8-9H2,1H3,(H,16,17). The van der Waals surface area contributed by atoms with Crippen LogP contribution in [0.15, 0.2) is 17.5 Å². The van der Waals surface area contributed by atoms with Gasteiger partial charge in [-0.1, -0.05) is 6.07 Å². The molecule has 0 saturated heterocycles. The van der Waals surface area contributed by atoms with Crippen molar-refractivity contribution in [2.24, 2.45) is 0 Å². The predicted molar refractivity (Wildman–Crippen MR) is 75.5 cm³/mol. The molecule has 1 fully saturated rings. The van der Waals surface area contributed by atoms with Crippen molar-refractivity contribution in [1.29, 1.82) is 0 Å². The Kier molecular flexibility index (Phi) is 5.36. The number of thiophene rings is 1. The molecule has 0 radical (unpaired) electrons. The second-order valence-electron chi connectivity index (χ2n) is 5.05. The van der Waals surface area contributed by atoms with Gasteiger partial charge in [-0.2, -0.15) is 0 Å². The Morgan fingerprint density at radius 3 is 3.11 bits per heavy atom. The summed E-state index contributed by atoms with van der Waals surface area (Å²) in [5.41, 5.74) is 0. The largest absolute Gasteiger partial charge is 0.481 e. The third-order valence-corrected chi connectivity index (χ3v) is 4.65. The number of ether oxygens (including phenoxy) is 1. The van der Waals surface area contributed by atoms with Crippen molar-refractivity contribution in [3.05, 3.63) is 22.4 Å². The first-order chi connectivity index (χ1) is 9.19. The molecule has 3 atom stereocenters. The van der Waals surface area contributed by atoms with Crippen molar-refractivity contribution in [2.45, 2.75) is 50.3 Å². The molecule has 0 spiro atoms. The third kappa shape index (κ3) is 4.30. The lowest BCUT2D eigenvalue weighted by molar-refractivity contribution is -0.137.